The predicted molar refractivity (Wildman–Crippen MR) is 154 cm³/mol. The van der Waals surface area contributed by atoms with Gasteiger partial charge in [0.15, 0.2) is 5.79 Å². The van der Waals surface area contributed by atoms with Crippen molar-refractivity contribution >= 4 is 17.2 Å². The number of aromatic nitrogens is 2. The third kappa shape index (κ3) is 6.19. The number of piperidine rings is 1. The fourth-order valence-electron chi connectivity index (χ4n) is 5.14. The zero-order chi connectivity index (χ0) is 27.2. The lowest BCUT2D eigenvalue weighted by Crippen LogP contribution is -2.45. The van der Waals surface area contributed by atoms with Crippen molar-refractivity contribution in [1.82, 2.24) is 9.97 Å². The number of hydrogen-bond donors (Lipinski definition) is 1. The molecule has 2 aromatic carbocycles. The zero-order valence-corrected chi connectivity index (χ0v) is 22.7. The summed E-state index contributed by atoms with van der Waals surface area (Å²) in [7, 11) is 0. The van der Waals surface area contributed by atoms with Gasteiger partial charge in [0.2, 0.25) is 11.8 Å². The highest BCUT2D eigenvalue weighted by Gasteiger charge is 2.40. The van der Waals surface area contributed by atoms with E-state index >= 15 is 0 Å². The molecule has 1 spiro atoms. The van der Waals surface area contributed by atoms with Gasteiger partial charge in [-0.05, 0) is 36.2 Å². The van der Waals surface area contributed by atoms with Gasteiger partial charge in [-0.1, -0.05) is 60.7 Å². The summed E-state index contributed by atoms with van der Waals surface area (Å²) >= 11 is 0. The normalized spacial score (nSPS) is 16.2. The van der Waals surface area contributed by atoms with Crippen LogP contribution in [0.5, 0.6) is 11.8 Å². The van der Waals surface area contributed by atoms with Gasteiger partial charge < -0.3 is 29.2 Å². The number of aryl methyl sites for hydroxylation is 1. The highest BCUT2D eigenvalue weighted by atomic mass is 16.7. The fourth-order valence-corrected chi connectivity index (χ4v) is 5.14. The predicted octanol–water partition coefficient (Wildman–Crippen LogP) is 6.03. The number of benzene rings is 2. The van der Waals surface area contributed by atoms with Gasteiger partial charge in [0.05, 0.1) is 24.6 Å². The lowest BCUT2D eigenvalue weighted by molar-refractivity contribution is -0.169. The molecule has 2 saturated heterocycles. The van der Waals surface area contributed by atoms with Gasteiger partial charge in [-0.3, -0.25) is 0 Å². The molecule has 0 radical (unpaired) electrons. The average molecular weight is 539 g/mol. The number of rotatable bonds is 9. The molecule has 8 nitrogen and oxygen atoms in total. The Bertz CT molecular complexity index is 1400. The Hall–Kier alpha value is -4.14. The Kier molecular flexibility index (Phi) is 7.79. The summed E-state index contributed by atoms with van der Waals surface area (Å²) in [6.07, 6.45) is 1.72. The van der Waals surface area contributed by atoms with Crippen molar-refractivity contribution in [1.29, 1.82) is 0 Å². The van der Waals surface area contributed by atoms with Crippen LogP contribution in [0, 0.1) is 6.92 Å². The molecule has 0 saturated carbocycles. The Morgan fingerprint density at radius 1 is 0.775 bits per heavy atom. The van der Waals surface area contributed by atoms with E-state index in [0.717, 1.165) is 59.9 Å². The molecule has 1 N–H and O–H groups in total. The smallest absolute Gasteiger partial charge is 0.241 e. The van der Waals surface area contributed by atoms with Gasteiger partial charge >= 0.3 is 0 Å². The Balaban J connectivity index is 1.17. The molecule has 0 bridgehead atoms. The third-order valence-electron chi connectivity index (χ3n) is 7.28. The molecule has 0 atom stereocenters. The van der Waals surface area contributed by atoms with Crippen LogP contribution in [-0.2, 0) is 22.7 Å². The molecule has 6 rings (SSSR count). The van der Waals surface area contributed by atoms with Crippen molar-refractivity contribution < 1.29 is 18.9 Å². The number of anilines is 3. The van der Waals surface area contributed by atoms with Crippen LogP contribution in [0.15, 0.2) is 84.9 Å². The monoisotopic (exact) mass is 538 g/mol. The quantitative estimate of drug-likeness (QED) is 0.277. The van der Waals surface area contributed by atoms with E-state index in [-0.39, 0.29) is 5.79 Å². The van der Waals surface area contributed by atoms with E-state index in [1.165, 1.54) is 0 Å². The van der Waals surface area contributed by atoms with Crippen molar-refractivity contribution in [3.8, 4) is 11.8 Å². The molecule has 0 unspecified atom stereocenters. The van der Waals surface area contributed by atoms with Gasteiger partial charge in [0.1, 0.15) is 24.7 Å². The van der Waals surface area contributed by atoms with Crippen molar-refractivity contribution in [2.45, 2.75) is 38.8 Å². The topological polar surface area (TPSA) is 78.0 Å². The van der Waals surface area contributed by atoms with E-state index in [2.05, 4.69) is 21.3 Å². The first kappa shape index (κ1) is 26.1. The molecule has 2 aliphatic rings. The van der Waals surface area contributed by atoms with Crippen LogP contribution in [0.2, 0.25) is 0 Å². The highest BCUT2D eigenvalue weighted by Crippen LogP contribution is 2.35. The van der Waals surface area contributed by atoms with Gasteiger partial charge in [-0.15, -0.1) is 0 Å². The standard InChI is InChI=1S/C32H34N4O4/c1-24-28(36-18-16-32(17-19-36)39-20-21-40-32)13-14-29(33-24)34-27-12-15-30(37-22-25-8-4-2-5-9-25)35-31(27)38-23-26-10-6-3-7-11-26/h2-15H,16-23H2,1H3,(H,33,34). The van der Waals surface area contributed by atoms with E-state index in [9.17, 15) is 0 Å². The summed E-state index contributed by atoms with van der Waals surface area (Å²) in [5.41, 5.74) is 4.93. The lowest BCUT2D eigenvalue weighted by atomic mass is 10.0. The molecule has 206 valence electrons. The number of hydrogen-bond acceptors (Lipinski definition) is 8. The fraction of sp³-hybridized carbons (Fsp3) is 0.312. The lowest BCUT2D eigenvalue weighted by Gasteiger charge is -2.39. The molecular formula is C32H34N4O4. The van der Waals surface area contributed by atoms with Crippen molar-refractivity contribution in [2.75, 3.05) is 36.5 Å². The number of ether oxygens (including phenoxy) is 4. The van der Waals surface area contributed by atoms with Crippen LogP contribution in [-0.4, -0.2) is 42.1 Å². The second-order valence-corrected chi connectivity index (χ2v) is 10.1. The number of nitrogens with zero attached hydrogens (tertiary/aromatic N) is 3. The van der Waals surface area contributed by atoms with Crippen LogP contribution in [0.4, 0.5) is 17.2 Å². The van der Waals surface area contributed by atoms with E-state index in [0.29, 0.717) is 38.2 Å². The average Bonchev–Trinajstić information content (AvgIpc) is 3.45. The minimum Gasteiger partial charge on any atom is -0.473 e. The Morgan fingerprint density at radius 3 is 2.08 bits per heavy atom. The highest BCUT2D eigenvalue weighted by molar-refractivity contribution is 5.65. The molecule has 2 fully saturated rings. The largest absolute Gasteiger partial charge is 0.473 e. The van der Waals surface area contributed by atoms with Gasteiger partial charge in [0.25, 0.3) is 0 Å². The van der Waals surface area contributed by atoms with Crippen molar-refractivity contribution in [2.24, 2.45) is 0 Å². The first-order chi connectivity index (χ1) is 19.7. The maximum absolute atomic E-state index is 6.17. The number of pyridine rings is 2. The summed E-state index contributed by atoms with van der Waals surface area (Å²) < 4.78 is 23.9. The SMILES string of the molecule is Cc1nc(Nc2ccc(OCc3ccccc3)nc2OCc2ccccc2)ccc1N1CCC2(CC1)OCCO2. The first-order valence-corrected chi connectivity index (χ1v) is 13.8. The third-order valence-corrected chi connectivity index (χ3v) is 7.28. The van der Waals surface area contributed by atoms with E-state index < -0.39 is 0 Å². The van der Waals surface area contributed by atoms with Crippen LogP contribution in [0.1, 0.15) is 29.7 Å². The van der Waals surface area contributed by atoms with E-state index in [1.54, 1.807) is 0 Å². The van der Waals surface area contributed by atoms with Gasteiger partial charge in [-0.25, -0.2) is 4.98 Å². The Morgan fingerprint density at radius 2 is 1.43 bits per heavy atom. The molecule has 0 aliphatic carbocycles. The molecule has 4 aromatic rings. The molecule has 2 aromatic heterocycles. The second kappa shape index (κ2) is 11.9. The Labute approximate surface area is 234 Å². The maximum atomic E-state index is 6.17. The molecule has 8 heteroatoms. The molecule has 2 aliphatic heterocycles. The minimum absolute atomic E-state index is 0.389. The first-order valence-electron chi connectivity index (χ1n) is 13.8. The maximum Gasteiger partial charge on any atom is 0.241 e. The zero-order valence-electron chi connectivity index (χ0n) is 22.7. The van der Waals surface area contributed by atoms with Crippen LogP contribution in [0.25, 0.3) is 0 Å². The van der Waals surface area contributed by atoms with E-state index in [1.807, 2.05) is 85.8 Å². The summed E-state index contributed by atoms with van der Waals surface area (Å²) in [6.45, 7) is 5.98. The minimum atomic E-state index is -0.389. The van der Waals surface area contributed by atoms with Gasteiger partial charge in [0, 0.05) is 32.0 Å². The summed E-state index contributed by atoms with van der Waals surface area (Å²) in [5.74, 6) is 1.28. The van der Waals surface area contributed by atoms with Crippen LogP contribution in [0.3, 0.4) is 0 Å². The van der Waals surface area contributed by atoms with Crippen LogP contribution < -0.4 is 19.7 Å². The second-order valence-electron chi connectivity index (χ2n) is 10.1. The summed E-state index contributed by atoms with van der Waals surface area (Å²) in [6, 6.07) is 27.9. The molecule has 40 heavy (non-hydrogen) atoms. The molecule has 4 heterocycles. The number of nitrogens with one attached hydrogen (secondary N) is 1. The van der Waals surface area contributed by atoms with Crippen molar-refractivity contribution in [3.05, 3.63) is 102 Å². The van der Waals surface area contributed by atoms with Gasteiger partial charge in [-0.2, -0.15) is 4.98 Å². The van der Waals surface area contributed by atoms with Crippen LogP contribution >= 0.6 is 0 Å². The summed E-state index contributed by atoms with van der Waals surface area (Å²) in [4.78, 5) is 11.9. The van der Waals surface area contributed by atoms with Crippen molar-refractivity contribution in [3.63, 3.8) is 0 Å². The van der Waals surface area contributed by atoms with E-state index in [4.69, 9.17) is 23.9 Å². The molecular weight excluding hydrogens is 504 g/mol. The molecule has 0 amide bonds. The summed E-state index contributed by atoms with van der Waals surface area (Å²) in [5, 5.41) is 3.41.